The Morgan fingerprint density at radius 2 is 1.83 bits per heavy atom. The van der Waals surface area contributed by atoms with E-state index >= 15 is 0 Å². The van der Waals surface area contributed by atoms with Crippen LogP contribution in [-0.2, 0) is 19.1 Å². The molecule has 0 saturated carbocycles. The Morgan fingerprint density at radius 1 is 1.22 bits per heavy atom. The minimum Gasteiger partial charge on any atom is -0.468 e. The zero-order chi connectivity index (χ0) is 17.0. The molecule has 1 aliphatic heterocycles. The number of benzene rings is 1. The first-order chi connectivity index (χ1) is 11.0. The van der Waals surface area contributed by atoms with Gasteiger partial charge in [-0.15, -0.1) is 0 Å². The van der Waals surface area contributed by atoms with Crippen molar-refractivity contribution in [1.82, 2.24) is 0 Å². The third kappa shape index (κ3) is 3.50. The number of hydrogen-bond donors (Lipinski definition) is 0. The highest BCUT2D eigenvalue weighted by Crippen LogP contribution is 2.37. The van der Waals surface area contributed by atoms with Crippen LogP contribution in [-0.4, -0.2) is 44.4 Å². The summed E-state index contributed by atoms with van der Waals surface area (Å²) in [5, 5.41) is 11.0. The fourth-order valence-corrected chi connectivity index (χ4v) is 2.39. The van der Waals surface area contributed by atoms with Crippen LogP contribution in [0.3, 0.4) is 0 Å². The summed E-state index contributed by atoms with van der Waals surface area (Å²) in [6.07, 6.45) is 0. The highest BCUT2D eigenvalue weighted by molar-refractivity contribution is 5.96. The fourth-order valence-electron chi connectivity index (χ4n) is 2.39. The smallest absolute Gasteiger partial charge is 0.320 e. The summed E-state index contributed by atoms with van der Waals surface area (Å²) in [6, 6.07) is 4.62. The van der Waals surface area contributed by atoms with E-state index in [-0.39, 0.29) is 6.79 Å². The minimum atomic E-state index is -1.45. The maximum Gasteiger partial charge on any atom is 0.320 e. The Labute approximate surface area is 131 Å². The lowest BCUT2D eigenvalue weighted by atomic mass is 9.85. The summed E-state index contributed by atoms with van der Waals surface area (Å²) in [6.45, 7) is -0.607. The van der Waals surface area contributed by atoms with Gasteiger partial charge < -0.3 is 18.9 Å². The molecule has 0 aromatic heterocycles. The second-order valence-corrected chi connectivity index (χ2v) is 4.76. The van der Waals surface area contributed by atoms with Gasteiger partial charge in [-0.25, -0.2) is 0 Å². The number of nitro groups is 1. The van der Waals surface area contributed by atoms with Crippen molar-refractivity contribution in [3.05, 3.63) is 33.9 Å². The molecule has 0 radical (unpaired) electrons. The molecule has 0 spiro atoms. The first-order valence-corrected chi connectivity index (χ1v) is 6.65. The second-order valence-electron chi connectivity index (χ2n) is 4.76. The molecule has 1 aromatic rings. The quantitative estimate of drug-likeness (QED) is 0.325. The third-order valence-electron chi connectivity index (χ3n) is 3.48. The molecule has 1 atom stereocenters. The Kier molecular flexibility index (Phi) is 4.99. The molecule has 1 unspecified atom stereocenters. The van der Waals surface area contributed by atoms with Gasteiger partial charge in [0.25, 0.3) is 0 Å². The molecule has 124 valence electrons. The fraction of sp³-hybridized carbons (Fsp3) is 0.429. The lowest BCUT2D eigenvalue weighted by molar-refractivity contribution is -0.484. The van der Waals surface area contributed by atoms with Crippen LogP contribution in [0.15, 0.2) is 18.2 Å². The molecule has 9 nitrogen and oxygen atoms in total. The van der Waals surface area contributed by atoms with Crippen LogP contribution < -0.4 is 9.47 Å². The van der Waals surface area contributed by atoms with Crippen LogP contribution in [0.25, 0.3) is 0 Å². The van der Waals surface area contributed by atoms with Gasteiger partial charge in [-0.3, -0.25) is 19.7 Å². The van der Waals surface area contributed by atoms with E-state index in [1.807, 2.05) is 0 Å². The van der Waals surface area contributed by atoms with E-state index in [1.165, 1.54) is 6.07 Å². The van der Waals surface area contributed by atoms with Gasteiger partial charge in [0, 0.05) is 4.92 Å². The van der Waals surface area contributed by atoms with Crippen molar-refractivity contribution in [1.29, 1.82) is 0 Å². The third-order valence-corrected chi connectivity index (χ3v) is 3.48. The van der Waals surface area contributed by atoms with Crippen LogP contribution in [0.1, 0.15) is 11.5 Å². The summed E-state index contributed by atoms with van der Waals surface area (Å²) >= 11 is 0. The molecule has 0 amide bonds. The van der Waals surface area contributed by atoms with Gasteiger partial charge >= 0.3 is 11.9 Å². The number of hydrogen-bond acceptors (Lipinski definition) is 8. The molecule has 0 N–H and O–H groups in total. The number of rotatable bonds is 6. The predicted molar refractivity (Wildman–Crippen MR) is 74.7 cm³/mol. The lowest BCUT2D eigenvalue weighted by Gasteiger charge is -2.20. The maximum absolute atomic E-state index is 11.9. The monoisotopic (exact) mass is 325 g/mol. The average molecular weight is 325 g/mol. The molecule has 1 heterocycles. The normalized spacial score (nSPS) is 13.5. The topological polar surface area (TPSA) is 114 Å². The van der Waals surface area contributed by atoms with E-state index in [0.29, 0.717) is 17.1 Å². The van der Waals surface area contributed by atoms with Crippen molar-refractivity contribution in [2.75, 3.05) is 27.6 Å². The van der Waals surface area contributed by atoms with Gasteiger partial charge in [0.05, 0.1) is 20.1 Å². The molecule has 2 rings (SSSR count). The lowest BCUT2D eigenvalue weighted by Crippen LogP contribution is -2.35. The highest BCUT2D eigenvalue weighted by Gasteiger charge is 2.41. The predicted octanol–water partition coefficient (Wildman–Crippen LogP) is 0.738. The Morgan fingerprint density at radius 3 is 2.39 bits per heavy atom. The van der Waals surface area contributed by atoms with Gasteiger partial charge in [0.15, 0.2) is 17.4 Å². The second kappa shape index (κ2) is 6.95. The van der Waals surface area contributed by atoms with Crippen LogP contribution in [0.4, 0.5) is 0 Å². The molecule has 1 aromatic carbocycles. The number of esters is 2. The Balaban J connectivity index is 2.43. The van der Waals surface area contributed by atoms with Gasteiger partial charge in [-0.05, 0) is 17.7 Å². The van der Waals surface area contributed by atoms with E-state index in [1.54, 1.807) is 12.1 Å². The first kappa shape index (κ1) is 16.5. The Bertz CT molecular complexity index is 613. The number of ether oxygens (including phenoxy) is 4. The largest absolute Gasteiger partial charge is 0.468 e. The number of methoxy groups -OCH3 is 2. The van der Waals surface area contributed by atoms with Gasteiger partial charge in [-0.2, -0.15) is 0 Å². The van der Waals surface area contributed by atoms with E-state index < -0.39 is 35.2 Å². The molecule has 9 heteroatoms. The van der Waals surface area contributed by atoms with Gasteiger partial charge in [0.2, 0.25) is 13.3 Å². The summed E-state index contributed by atoms with van der Waals surface area (Å²) in [7, 11) is 2.20. The summed E-state index contributed by atoms with van der Waals surface area (Å²) in [5.41, 5.74) is 0.381. The van der Waals surface area contributed by atoms with Crippen molar-refractivity contribution >= 4 is 11.9 Å². The number of carbonyl (C=O) groups excluding carboxylic acids is 2. The van der Waals surface area contributed by atoms with E-state index in [0.717, 1.165) is 14.2 Å². The van der Waals surface area contributed by atoms with E-state index in [4.69, 9.17) is 9.47 Å². The zero-order valence-electron chi connectivity index (χ0n) is 12.5. The maximum atomic E-state index is 11.9. The molecule has 23 heavy (non-hydrogen) atoms. The number of carbonyl (C=O) groups is 2. The van der Waals surface area contributed by atoms with Crippen LogP contribution in [0, 0.1) is 16.0 Å². The minimum absolute atomic E-state index is 0.0378. The molecule has 0 saturated heterocycles. The molecular weight excluding hydrogens is 310 g/mol. The van der Waals surface area contributed by atoms with Crippen molar-refractivity contribution in [3.8, 4) is 11.5 Å². The molecular formula is C14H15NO8. The molecule has 1 aliphatic rings. The summed E-state index contributed by atoms with van der Waals surface area (Å²) in [4.78, 5) is 34.3. The van der Waals surface area contributed by atoms with E-state index in [9.17, 15) is 19.7 Å². The summed E-state index contributed by atoms with van der Waals surface area (Å²) < 4.78 is 19.6. The average Bonchev–Trinajstić information content (AvgIpc) is 3.00. The number of nitrogens with zero attached hydrogens (tertiary/aromatic N) is 1. The van der Waals surface area contributed by atoms with Crippen molar-refractivity contribution in [3.63, 3.8) is 0 Å². The molecule has 0 aliphatic carbocycles. The Hall–Kier alpha value is -2.84. The summed E-state index contributed by atoms with van der Waals surface area (Å²) in [5.74, 6) is -3.43. The van der Waals surface area contributed by atoms with E-state index in [2.05, 4.69) is 9.47 Å². The highest BCUT2D eigenvalue weighted by atomic mass is 16.7. The van der Waals surface area contributed by atoms with Crippen LogP contribution in [0.2, 0.25) is 0 Å². The molecule has 0 fully saturated rings. The van der Waals surface area contributed by atoms with Crippen molar-refractivity contribution in [2.45, 2.75) is 5.92 Å². The first-order valence-electron chi connectivity index (χ1n) is 6.65. The van der Waals surface area contributed by atoms with Crippen molar-refractivity contribution < 1.29 is 33.5 Å². The SMILES string of the molecule is COC(=O)C(C(=O)OC)C(C[N+](=O)[O-])c1ccc2c(c1)OCO2. The van der Waals surface area contributed by atoms with Crippen molar-refractivity contribution in [2.24, 2.45) is 5.92 Å². The molecule has 0 bridgehead atoms. The van der Waals surface area contributed by atoms with Crippen LogP contribution in [0.5, 0.6) is 11.5 Å². The standard InChI is InChI=1S/C14H15NO8/c1-20-13(16)12(14(17)21-2)9(6-15(18)19)8-3-4-10-11(5-8)23-7-22-10/h3-5,9,12H,6-7H2,1-2H3. The van der Waals surface area contributed by atoms with Crippen LogP contribution >= 0.6 is 0 Å². The van der Waals surface area contributed by atoms with Gasteiger partial charge in [0.1, 0.15) is 0 Å². The van der Waals surface area contributed by atoms with Gasteiger partial charge in [-0.1, -0.05) is 6.07 Å². The zero-order valence-corrected chi connectivity index (χ0v) is 12.5. The number of fused-ring (bicyclic) bond motifs is 1.